The molecule has 17 heavy (non-hydrogen) atoms. The zero-order chi connectivity index (χ0) is 13.0. The van der Waals surface area contributed by atoms with E-state index in [1.165, 1.54) is 0 Å². The van der Waals surface area contributed by atoms with Gasteiger partial charge in [-0.25, -0.2) is 4.99 Å². The molecule has 0 spiro atoms. The molecule has 1 aromatic rings. The summed E-state index contributed by atoms with van der Waals surface area (Å²) in [7, 11) is 1.98. The Bertz CT molecular complexity index is 450. The molecular weight excluding hydrogens is 212 g/mol. The smallest absolute Gasteiger partial charge is 0.160 e. The Kier molecular flexibility index (Phi) is 4.44. The molecule has 92 valence electrons. The minimum Gasteiger partial charge on any atom is -0.366 e. The Labute approximate surface area is 103 Å². The molecule has 0 saturated carbocycles. The van der Waals surface area contributed by atoms with Crippen molar-refractivity contribution in [3.05, 3.63) is 28.8 Å². The molecule has 0 saturated heterocycles. The minimum atomic E-state index is 0.104. The molecule has 0 aliphatic carbocycles. The van der Waals surface area contributed by atoms with Gasteiger partial charge in [0.25, 0.3) is 0 Å². The van der Waals surface area contributed by atoms with Gasteiger partial charge in [0.15, 0.2) is 5.78 Å². The normalized spacial score (nSPS) is 10.9. The number of ketones is 1. The van der Waals surface area contributed by atoms with Crippen LogP contribution in [0.2, 0.25) is 0 Å². The molecule has 0 bridgehead atoms. The van der Waals surface area contributed by atoms with Crippen LogP contribution in [0.4, 0.5) is 5.69 Å². The van der Waals surface area contributed by atoms with E-state index in [0.717, 1.165) is 28.9 Å². The predicted molar refractivity (Wildman–Crippen MR) is 72.4 cm³/mol. The van der Waals surface area contributed by atoms with Crippen molar-refractivity contribution < 1.29 is 4.79 Å². The third kappa shape index (κ3) is 3.41. The molecule has 0 atom stereocenters. The lowest BCUT2D eigenvalue weighted by Crippen LogP contribution is -2.14. The van der Waals surface area contributed by atoms with Crippen molar-refractivity contribution in [1.82, 2.24) is 4.90 Å². The number of hydrogen-bond donors (Lipinski definition) is 0. The van der Waals surface area contributed by atoms with Crippen molar-refractivity contribution in [3.63, 3.8) is 0 Å². The van der Waals surface area contributed by atoms with E-state index in [1.54, 1.807) is 6.92 Å². The molecule has 1 rings (SSSR count). The van der Waals surface area contributed by atoms with Crippen LogP contribution in [0.25, 0.3) is 0 Å². The molecule has 0 aromatic heterocycles. The Balaban J connectivity index is 3.08. The summed E-state index contributed by atoms with van der Waals surface area (Å²) in [5.74, 6) is 0.104. The molecule has 0 fully saturated rings. The van der Waals surface area contributed by atoms with E-state index in [4.69, 9.17) is 0 Å². The summed E-state index contributed by atoms with van der Waals surface area (Å²) in [6.07, 6.45) is 1.81. The summed E-state index contributed by atoms with van der Waals surface area (Å²) in [6, 6.07) is 3.88. The summed E-state index contributed by atoms with van der Waals surface area (Å²) >= 11 is 0. The number of hydrogen-bond acceptors (Lipinski definition) is 2. The van der Waals surface area contributed by atoms with Crippen LogP contribution in [0.3, 0.4) is 0 Å². The van der Waals surface area contributed by atoms with Crippen LogP contribution in [0.1, 0.15) is 35.3 Å². The van der Waals surface area contributed by atoms with Gasteiger partial charge >= 0.3 is 0 Å². The van der Waals surface area contributed by atoms with Gasteiger partial charge in [0.1, 0.15) is 0 Å². The first-order chi connectivity index (χ1) is 7.95. The maximum Gasteiger partial charge on any atom is 0.160 e. The van der Waals surface area contributed by atoms with Crippen molar-refractivity contribution in [1.29, 1.82) is 0 Å². The first-order valence-corrected chi connectivity index (χ1v) is 5.82. The van der Waals surface area contributed by atoms with Crippen molar-refractivity contribution in [3.8, 4) is 0 Å². The fourth-order valence-electron chi connectivity index (χ4n) is 1.56. The van der Waals surface area contributed by atoms with Gasteiger partial charge in [0, 0.05) is 19.2 Å². The molecule has 1 aromatic carbocycles. The first kappa shape index (κ1) is 13.4. The van der Waals surface area contributed by atoms with Crippen LogP contribution in [-0.2, 0) is 0 Å². The SMILES string of the molecule is CCN(C)C=Nc1cc(C)c(C(C)=O)cc1C. The second kappa shape index (κ2) is 5.62. The molecule has 0 heterocycles. The van der Waals surface area contributed by atoms with Crippen LogP contribution >= 0.6 is 0 Å². The monoisotopic (exact) mass is 232 g/mol. The number of aryl methyl sites for hydroxylation is 2. The molecule has 3 nitrogen and oxygen atoms in total. The molecule has 3 heteroatoms. The average molecular weight is 232 g/mol. The van der Waals surface area contributed by atoms with Gasteiger partial charge in [0.05, 0.1) is 12.0 Å². The largest absolute Gasteiger partial charge is 0.366 e. The van der Waals surface area contributed by atoms with E-state index in [0.29, 0.717) is 0 Å². The maximum atomic E-state index is 11.4. The molecular formula is C14H20N2O. The van der Waals surface area contributed by atoms with E-state index >= 15 is 0 Å². The van der Waals surface area contributed by atoms with Gasteiger partial charge < -0.3 is 4.90 Å². The standard InChI is InChI=1S/C14H20N2O/c1-6-16(5)9-15-14-8-10(2)13(12(4)17)7-11(14)3/h7-9H,6H2,1-5H3. The van der Waals surface area contributed by atoms with Gasteiger partial charge in [-0.15, -0.1) is 0 Å². The third-order valence-corrected chi connectivity index (χ3v) is 2.81. The van der Waals surface area contributed by atoms with Crippen LogP contribution < -0.4 is 0 Å². The third-order valence-electron chi connectivity index (χ3n) is 2.81. The van der Waals surface area contributed by atoms with Crippen LogP contribution in [0.15, 0.2) is 17.1 Å². The second-order valence-electron chi connectivity index (χ2n) is 4.33. The molecule has 0 aliphatic rings. The first-order valence-electron chi connectivity index (χ1n) is 5.82. The van der Waals surface area contributed by atoms with E-state index in [-0.39, 0.29) is 5.78 Å². The van der Waals surface area contributed by atoms with Crippen molar-refractivity contribution in [2.45, 2.75) is 27.7 Å². The van der Waals surface area contributed by atoms with E-state index < -0.39 is 0 Å². The van der Waals surface area contributed by atoms with E-state index in [2.05, 4.69) is 11.9 Å². The summed E-state index contributed by atoms with van der Waals surface area (Å²) < 4.78 is 0. The summed E-state index contributed by atoms with van der Waals surface area (Å²) in [5, 5.41) is 0. The lowest BCUT2D eigenvalue weighted by molar-refractivity contribution is 0.101. The van der Waals surface area contributed by atoms with Gasteiger partial charge in [0.2, 0.25) is 0 Å². The molecule has 0 radical (unpaired) electrons. The second-order valence-corrected chi connectivity index (χ2v) is 4.33. The Morgan fingerprint density at radius 1 is 1.35 bits per heavy atom. The number of nitrogens with zero attached hydrogens (tertiary/aromatic N) is 2. The van der Waals surface area contributed by atoms with Crippen LogP contribution in [0, 0.1) is 13.8 Å². The highest BCUT2D eigenvalue weighted by molar-refractivity contribution is 5.96. The van der Waals surface area contributed by atoms with Gasteiger partial charge in [-0.05, 0) is 51.0 Å². The average Bonchev–Trinajstić information content (AvgIpc) is 2.28. The highest BCUT2D eigenvalue weighted by Crippen LogP contribution is 2.23. The van der Waals surface area contributed by atoms with E-state index in [1.807, 2.05) is 44.3 Å². The fraction of sp³-hybridized carbons (Fsp3) is 0.429. The van der Waals surface area contributed by atoms with Crippen LogP contribution in [0.5, 0.6) is 0 Å². The zero-order valence-corrected chi connectivity index (χ0v) is 11.2. The van der Waals surface area contributed by atoms with Crippen LogP contribution in [-0.4, -0.2) is 30.6 Å². The highest BCUT2D eigenvalue weighted by Gasteiger charge is 2.07. The van der Waals surface area contributed by atoms with E-state index in [9.17, 15) is 4.79 Å². The predicted octanol–water partition coefficient (Wildman–Crippen LogP) is 3.12. The number of rotatable bonds is 4. The highest BCUT2D eigenvalue weighted by atomic mass is 16.1. The number of benzene rings is 1. The fourth-order valence-corrected chi connectivity index (χ4v) is 1.56. The molecule has 0 unspecified atom stereocenters. The minimum absolute atomic E-state index is 0.104. The number of Topliss-reactive ketones (excluding diaryl/α,β-unsaturated/α-hetero) is 1. The topological polar surface area (TPSA) is 32.7 Å². The number of carbonyl (C=O) groups is 1. The van der Waals surface area contributed by atoms with Gasteiger partial charge in [-0.2, -0.15) is 0 Å². The summed E-state index contributed by atoms with van der Waals surface area (Å²) in [6.45, 7) is 8.51. The summed E-state index contributed by atoms with van der Waals surface area (Å²) in [4.78, 5) is 17.8. The quantitative estimate of drug-likeness (QED) is 0.454. The Hall–Kier alpha value is -1.64. The zero-order valence-electron chi connectivity index (χ0n) is 11.2. The Morgan fingerprint density at radius 2 is 2.00 bits per heavy atom. The number of carbonyl (C=O) groups excluding carboxylic acids is 1. The van der Waals surface area contributed by atoms with Crippen molar-refractivity contribution in [2.75, 3.05) is 13.6 Å². The molecule has 0 aliphatic heterocycles. The summed E-state index contributed by atoms with van der Waals surface area (Å²) in [5.41, 5.74) is 3.72. The van der Waals surface area contributed by atoms with Crippen molar-refractivity contribution in [2.24, 2.45) is 4.99 Å². The lowest BCUT2D eigenvalue weighted by atomic mass is 10.0. The molecule has 0 amide bonds. The van der Waals surface area contributed by atoms with Gasteiger partial charge in [-0.3, -0.25) is 4.79 Å². The Morgan fingerprint density at radius 3 is 2.53 bits per heavy atom. The lowest BCUT2D eigenvalue weighted by Gasteiger charge is -2.10. The molecule has 0 N–H and O–H groups in total. The number of aliphatic imine (C=N–C) groups is 1. The van der Waals surface area contributed by atoms with Gasteiger partial charge in [-0.1, -0.05) is 0 Å². The maximum absolute atomic E-state index is 11.4. The van der Waals surface area contributed by atoms with Crippen molar-refractivity contribution >= 4 is 17.8 Å².